The van der Waals surface area contributed by atoms with Gasteiger partial charge in [-0.15, -0.1) is 11.3 Å². The van der Waals surface area contributed by atoms with E-state index in [0.29, 0.717) is 11.3 Å². The predicted octanol–water partition coefficient (Wildman–Crippen LogP) is 6.34. The molecule has 2 amide bonds. The van der Waals surface area contributed by atoms with Crippen LogP contribution in [0.1, 0.15) is 45.6 Å². The third-order valence-electron chi connectivity index (χ3n) is 7.00. The molecular formula is C24H19Cl2F6N3O3S. The van der Waals surface area contributed by atoms with E-state index >= 15 is 0 Å². The lowest BCUT2D eigenvalue weighted by Gasteiger charge is -2.31. The van der Waals surface area contributed by atoms with E-state index in [2.05, 4.69) is 5.16 Å². The molecule has 0 bridgehead atoms. The molecule has 3 aliphatic rings. The van der Waals surface area contributed by atoms with Gasteiger partial charge in [0.25, 0.3) is 11.5 Å². The first-order valence-corrected chi connectivity index (χ1v) is 13.4. The third-order valence-corrected chi connectivity index (χ3v) is 8.49. The van der Waals surface area contributed by atoms with Crippen molar-refractivity contribution in [1.82, 2.24) is 9.80 Å². The standard InChI is InChI=1S/C24H19Cl2F6N3O3S/c25-14-6-13(7-15(26)8-14)22(24(30,31)32)9-18(33-38-22)35(17-4-5-34(20(17)36)11-23(27,28)29)21(37)19-16-3-1-2-12(16)10-39-19/h6-8,10,17H,1-5,9,11H2. The zero-order chi connectivity index (χ0) is 28.3. The summed E-state index contributed by atoms with van der Waals surface area (Å²) in [4.78, 5) is 33.5. The minimum atomic E-state index is -5.08. The summed E-state index contributed by atoms with van der Waals surface area (Å²) >= 11 is 13.0. The molecule has 3 heterocycles. The van der Waals surface area contributed by atoms with Crippen molar-refractivity contribution >= 4 is 52.2 Å². The molecular weight excluding hydrogens is 595 g/mol. The number of hydrogen-bond donors (Lipinski definition) is 0. The molecule has 15 heteroatoms. The number of carbonyl (C=O) groups excluding carboxylic acids is 2. The van der Waals surface area contributed by atoms with Crippen molar-refractivity contribution < 1.29 is 40.8 Å². The number of hydrogen-bond acceptors (Lipinski definition) is 5. The Morgan fingerprint density at radius 1 is 1.15 bits per heavy atom. The molecule has 2 unspecified atom stereocenters. The molecule has 1 aromatic heterocycles. The number of benzene rings is 1. The van der Waals surface area contributed by atoms with Crippen molar-refractivity contribution in [3.63, 3.8) is 0 Å². The number of carbonyl (C=O) groups is 2. The Bertz CT molecular complexity index is 1340. The van der Waals surface area contributed by atoms with Gasteiger partial charge in [0.15, 0.2) is 5.84 Å². The summed E-state index contributed by atoms with van der Waals surface area (Å²) in [6, 6.07) is 1.74. The number of rotatable bonds is 4. The first kappa shape index (κ1) is 28.0. The predicted molar refractivity (Wildman–Crippen MR) is 131 cm³/mol. The fraction of sp³-hybridized carbons (Fsp3) is 0.458. The number of amidine groups is 1. The van der Waals surface area contributed by atoms with Gasteiger partial charge in [0, 0.05) is 22.2 Å². The van der Waals surface area contributed by atoms with Crippen LogP contribution in [0, 0.1) is 0 Å². The Morgan fingerprint density at radius 3 is 2.49 bits per heavy atom. The fourth-order valence-electron chi connectivity index (χ4n) is 5.23. The lowest BCUT2D eigenvalue weighted by atomic mass is 9.89. The van der Waals surface area contributed by atoms with Gasteiger partial charge in [-0.1, -0.05) is 28.4 Å². The van der Waals surface area contributed by atoms with Crippen LogP contribution in [-0.4, -0.2) is 58.9 Å². The van der Waals surface area contributed by atoms with Crippen LogP contribution in [0.4, 0.5) is 26.3 Å². The molecule has 1 aliphatic carbocycles. The molecule has 6 nitrogen and oxygen atoms in total. The Kier molecular flexibility index (Phi) is 7.08. The van der Waals surface area contributed by atoms with Crippen LogP contribution in [0.25, 0.3) is 0 Å². The lowest BCUT2D eigenvalue weighted by molar-refractivity contribution is -0.275. The number of aryl methyl sites for hydroxylation is 1. The monoisotopic (exact) mass is 613 g/mol. The first-order chi connectivity index (χ1) is 18.2. The van der Waals surface area contributed by atoms with Gasteiger partial charge in [0.1, 0.15) is 12.6 Å². The maximum absolute atomic E-state index is 14.6. The average molecular weight is 614 g/mol. The number of oxime groups is 1. The molecule has 5 rings (SSSR count). The van der Waals surface area contributed by atoms with E-state index in [-0.39, 0.29) is 27.9 Å². The molecule has 2 atom stereocenters. The van der Waals surface area contributed by atoms with Gasteiger partial charge in [-0.25, -0.2) is 0 Å². The first-order valence-electron chi connectivity index (χ1n) is 11.8. The van der Waals surface area contributed by atoms with Gasteiger partial charge in [-0.2, -0.15) is 26.3 Å². The van der Waals surface area contributed by atoms with Gasteiger partial charge in [0.05, 0.1) is 11.3 Å². The summed E-state index contributed by atoms with van der Waals surface area (Å²) < 4.78 is 82.9. The SMILES string of the molecule is O=C1C(N(C(=O)c2scc3c2CCC3)C2=NOC(c3cc(Cl)cc(Cl)c3)(C(F)(F)F)C2)CCN1CC(F)(F)F. The Morgan fingerprint density at radius 2 is 1.85 bits per heavy atom. The highest BCUT2D eigenvalue weighted by Gasteiger charge is 2.64. The molecule has 39 heavy (non-hydrogen) atoms. The number of nitrogens with zero attached hydrogens (tertiary/aromatic N) is 3. The second-order valence-electron chi connectivity index (χ2n) is 9.54. The number of amides is 2. The molecule has 2 aliphatic heterocycles. The topological polar surface area (TPSA) is 62.2 Å². The largest absolute Gasteiger partial charge is 0.435 e. The van der Waals surface area contributed by atoms with E-state index in [4.69, 9.17) is 28.0 Å². The smallest absolute Gasteiger partial charge is 0.372 e. The van der Waals surface area contributed by atoms with Crippen LogP contribution in [0.2, 0.25) is 10.0 Å². The summed E-state index contributed by atoms with van der Waals surface area (Å²) in [5.41, 5.74) is -1.94. The van der Waals surface area contributed by atoms with Crippen LogP contribution in [0.15, 0.2) is 28.7 Å². The van der Waals surface area contributed by atoms with Crippen LogP contribution in [0.5, 0.6) is 0 Å². The Hall–Kier alpha value is -2.51. The van der Waals surface area contributed by atoms with Crippen molar-refractivity contribution in [2.45, 2.75) is 56.1 Å². The highest BCUT2D eigenvalue weighted by Crippen LogP contribution is 2.50. The summed E-state index contributed by atoms with van der Waals surface area (Å²) in [7, 11) is 0. The van der Waals surface area contributed by atoms with Crippen molar-refractivity contribution in [3.8, 4) is 0 Å². The van der Waals surface area contributed by atoms with Crippen LogP contribution in [-0.2, 0) is 28.1 Å². The zero-order valence-corrected chi connectivity index (χ0v) is 22.2. The molecule has 2 aromatic rings. The Balaban J connectivity index is 1.55. The maximum atomic E-state index is 14.6. The van der Waals surface area contributed by atoms with Gasteiger partial charge < -0.3 is 9.74 Å². The molecule has 1 aromatic carbocycles. The number of halogens is 8. The van der Waals surface area contributed by atoms with E-state index in [9.17, 15) is 35.9 Å². The lowest BCUT2D eigenvalue weighted by Crippen LogP contribution is -2.51. The minimum absolute atomic E-state index is 0.103. The average Bonchev–Trinajstić information content (AvgIpc) is 3.58. The van der Waals surface area contributed by atoms with Crippen LogP contribution >= 0.6 is 34.5 Å². The molecule has 1 fully saturated rings. The summed E-state index contributed by atoms with van der Waals surface area (Å²) in [5.74, 6) is -2.37. The van der Waals surface area contributed by atoms with Crippen LogP contribution in [0.3, 0.4) is 0 Å². The van der Waals surface area contributed by atoms with Crippen molar-refractivity contribution in [3.05, 3.63) is 55.2 Å². The molecule has 0 spiro atoms. The van der Waals surface area contributed by atoms with Crippen molar-refractivity contribution in [2.75, 3.05) is 13.1 Å². The van der Waals surface area contributed by atoms with Gasteiger partial charge in [0.2, 0.25) is 5.91 Å². The van der Waals surface area contributed by atoms with E-state index in [0.717, 1.165) is 52.3 Å². The summed E-state index contributed by atoms with van der Waals surface area (Å²) in [5, 5.41) is 5.18. The summed E-state index contributed by atoms with van der Waals surface area (Å²) in [6.45, 7) is -1.88. The fourth-order valence-corrected chi connectivity index (χ4v) is 6.85. The second kappa shape index (κ2) is 9.84. The normalized spacial score (nSPS) is 23.2. The zero-order valence-electron chi connectivity index (χ0n) is 19.8. The van der Waals surface area contributed by atoms with Crippen molar-refractivity contribution in [2.24, 2.45) is 5.16 Å². The number of alkyl halides is 6. The summed E-state index contributed by atoms with van der Waals surface area (Å²) in [6.07, 6.45) is -8.98. The number of thiophene rings is 1. The van der Waals surface area contributed by atoms with Crippen molar-refractivity contribution in [1.29, 1.82) is 0 Å². The van der Waals surface area contributed by atoms with E-state index < -0.39 is 60.2 Å². The third kappa shape index (κ3) is 5.08. The second-order valence-corrected chi connectivity index (χ2v) is 11.3. The number of fused-ring (bicyclic) bond motifs is 1. The molecule has 0 N–H and O–H groups in total. The van der Waals surface area contributed by atoms with E-state index in [1.165, 1.54) is 6.07 Å². The molecule has 0 radical (unpaired) electrons. The van der Waals surface area contributed by atoms with E-state index in [1.807, 2.05) is 0 Å². The van der Waals surface area contributed by atoms with Gasteiger partial charge in [-0.3, -0.25) is 14.5 Å². The highest BCUT2D eigenvalue weighted by molar-refractivity contribution is 7.12. The number of likely N-dealkylation sites (tertiary alicyclic amines) is 1. The van der Waals surface area contributed by atoms with E-state index in [1.54, 1.807) is 5.38 Å². The molecule has 210 valence electrons. The maximum Gasteiger partial charge on any atom is 0.435 e. The quantitative estimate of drug-likeness (QED) is 0.378. The Labute approximate surface area is 232 Å². The highest BCUT2D eigenvalue weighted by atomic mass is 35.5. The van der Waals surface area contributed by atoms with Gasteiger partial charge in [-0.05, 0) is 60.4 Å². The van der Waals surface area contributed by atoms with Crippen LogP contribution < -0.4 is 0 Å². The molecule has 1 saturated heterocycles. The van der Waals surface area contributed by atoms with Gasteiger partial charge >= 0.3 is 12.4 Å². The molecule has 0 saturated carbocycles. The minimum Gasteiger partial charge on any atom is -0.372 e.